The highest BCUT2D eigenvalue weighted by Gasteiger charge is 2.06. The Kier molecular flexibility index (Phi) is 5.59. The lowest BCUT2D eigenvalue weighted by Gasteiger charge is -2.13. The fourth-order valence-corrected chi connectivity index (χ4v) is 3.15. The summed E-state index contributed by atoms with van der Waals surface area (Å²) in [6.07, 6.45) is 0.579. The average Bonchev–Trinajstić information content (AvgIpc) is 2.59. The third kappa shape index (κ3) is 4.23. The molecule has 0 aliphatic heterocycles. The monoisotopic (exact) mass is 385 g/mol. The van der Waals surface area contributed by atoms with Crippen molar-refractivity contribution in [3.8, 4) is 0 Å². The molecule has 2 aromatic carbocycles. The first kappa shape index (κ1) is 18.4. The van der Waals surface area contributed by atoms with Gasteiger partial charge in [0.25, 0.3) is 5.56 Å². The molecule has 0 bridgehead atoms. The van der Waals surface area contributed by atoms with Crippen molar-refractivity contribution in [3.05, 3.63) is 74.5 Å². The summed E-state index contributed by atoms with van der Waals surface area (Å²) in [5, 5.41) is 8.49. The SMILES string of the molecule is Cc1ccc2cc(CCNC(=S)Nc3cccc(Cl)c3C)c(=O)[nH]c2c1. The molecule has 0 spiro atoms. The van der Waals surface area contributed by atoms with Gasteiger partial charge in [-0.3, -0.25) is 4.79 Å². The first-order valence-corrected chi connectivity index (χ1v) is 9.15. The number of anilines is 1. The quantitative estimate of drug-likeness (QED) is 0.585. The molecule has 0 aliphatic carbocycles. The summed E-state index contributed by atoms with van der Waals surface area (Å²) in [5.74, 6) is 0. The minimum absolute atomic E-state index is 0.0607. The fraction of sp³-hybridized carbons (Fsp3) is 0.200. The number of aryl methyl sites for hydroxylation is 1. The van der Waals surface area contributed by atoms with Crippen molar-refractivity contribution in [3.63, 3.8) is 0 Å². The number of fused-ring (bicyclic) bond motifs is 1. The van der Waals surface area contributed by atoms with Crippen LogP contribution in [0, 0.1) is 13.8 Å². The maximum absolute atomic E-state index is 12.2. The van der Waals surface area contributed by atoms with E-state index in [4.69, 9.17) is 23.8 Å². The number of hydrogen-bond donors (Lipinski definition) is 3. The van der Waals surface area contributed by atoms with E-state index < -0.39 is 0 Å². The Balaban J connectivity index is 1.62. The zero-order valence-electron chi connectivity index (χ0n) is 14.7. The van der Waals surface area contributed by atoms with Gasteiger partial charge in [0, 0.05) is 28.3 Å². The molecule has 0 aliphatic rings. The number of aromatic amines is 1. The minimum Gasteiger partial charge on any atom is -0.362 e. The van der Waals surface area contributed by atoms with E-state index in [0.717, 1.165) is 33.3 Å². The summed E-state index contributed by atoms with van der Waals surface area (Å²) in [7, 11) is 0. The molecule has 4 nitrogen and oxygen atoms in total. The second-order valence-corrected chi connectivity index (χ2v) is 7.07. The maximum Gasteiger partial charge on any atom is 0.251 e. The van der Waals surface area contributed by atoms with Crippen LogP contribution >= 0.6 is 23.8 Å². The number of benzene rings is 2. The summed E-state index contributed by atoms with van der Waals surface area (Å²) in [6.45, 7) is 4.50. The van der Waals surface area contributed by atoms with Gasteiger partial charge in [0.05, 0.1) is 0 Å². The van der Waals surface area contributed by atoms with Crippen molar-refractivity contribution in [2.45, 2.75) is 20.3 Å². The van der Waals surface area contributed by atoms with Gasteiger partial charge in [-0.1, -0.05) is 29.8 Å². The summed E-state index contributed by atoms with van der Waals surface area (Å²) >= 11 is 11.4. The Morgan fingerprint density at radius 2 is 2.00 bits per heavy atom. The van der Waals surface area contributed by atoms with Gasteiger partial charge in [0.1, 0.15) is 0 Å². The van der Waals surface area contributed by atoms with Gasteiger partial charge in [-0.05, 0) is 73.3 Å². The lowest BCUT2D eigenvalue weighted by Crippen LogP contribution is -2.31. The van der Waals surface area contributed by atoms with Crippen LogP contribution in [0.5, 0.6) is 0 Å². The number of pyridine rings is 1. The normalized spacial score (nSPS) is 10.7. The molecule has 0 saturated carbocycles. The Labute approximate surface area is 162 Å². The molecule has 0 unspecified atom stereocenters. The predicted molar refractivity (Wildman–Crippen MR) is 113 cm³/mol. The summed E-state index contributed by atoms with van der Waals surface area (Å²) in [5.41, 5.74) is 4.47. The van der Waals surface area contributed by atoms with E-state index in [1.165, 1.54) is 0 Å². The van der Waals surface area contributed by atoms with Crippen molar-refractivity contribution in [2.24, 2.45) is 0 Å². The first-order chi connectivity index (χ1) is 12.4. The smallest absolute Gasteiger partial charge is 0.251 e. The van der Waals surface area contributed by atoms with E-state index in [1.54, 1.807) is 0 Å². The van der Waals surface area contributed by atoms with Gasteiger partial charge in [0.2, 0.25) is 0 Å². The minimum atomic E-state index is -0.0607. The Morgan fingerprint density at radius 1 is 1.19 bits per heavy atom. The molecule has 0 fully saturated rings. The molecular weight excluding hydrogens is 366 g/mol. The number of H-pyrrole nitrogens is 1. The second-order valence-electron chi connectivity index (χ2n) is 6.26. The van der Waals surface area contributed by atoms with E-state index in [0.29, 0.717) is 23.1 Å². The summed E-state index contributed by atoms with van der Waals surface area (Å²) in [6, 6.07) is 13.6. The number of rotatable bonds is 4. The fourth-order valence-electron chi connectivity index (χ4n) is 2.77. The van der Waals surface area contributed by atoms with E-state index in [1.807, 2.05) is 56.3 Å². The lowest BCUT2D eigenvalue weighted by molar-refractivity contribution is 0.863. The number of halogens is 1. The average molecular weight is 386 g/mol. The lowest BCUT2D eigenvalue weighted by atomic mass is 10.1. The van der Waals surface area contributed by atoms with Crippen LogP contribution in [0.25, 0.3) is 10.9 Å². The molecule has 0 radical (unpaired) electrons. The van der Waals surface area contributed by atoms with Crippen LogP contribution in [0.3, 0.4) is 0 Å². The van der Waals surface area contributed by atoms with Gasteiger partial charge in [-0.2, -0.15) is 0 Å². The predicted octanol–water partition coefficient (Wildman–Crippen LogP) is 4.33. The van der Waals surface area contributed by atoms with Crippen LogP contribution in [0.15, 0.2) is 47.3 Å². The second kappa shape index (κ2) is 7.89. The zero-order valence-corrected chi connectivity index (χ0v) is 16.2. The van der Waals surface area contributed by atoms with Gasteiger partial charge >= 0.3 is 0 Å². The zero-order chi connectivity index (χ0) is 18.7. The van der Waals surface area contributed by atoms with Crippen LogP contribution in [0.1, 0.15) is 16.7 Å². The largest absolute Gasteiger partial charge is 0.362 e. The van der Waals surface area contributed by atoms with Gasteiger partial charge < -0.3 is 15.6 Å². The van der Waals surface area contributed by atoms with Crippen molar-refractivity contribution in [1.82, 2.24) is 10.3 Å². The van der Waals surface area contributed by atoms with Crippen LogP contribution in [0.4, 0.5) is 5.69 Å². The van der Waals surface area contributed by atoms with Crippen molar-refractivity contribution >= 4 is 45.5 Å². The molecule has 3 aromatic rings. The number of nitrogens with one attached hydrogen (secondary N) is 3. The van der Waals surface area contributed by atoms with Crippen LogP contribution in [0.2, 0.25) is 5.02 Å². The van der Waals surface area contributed by atoms with Crippen molar-refractivity contribution < 1.29 is 0 Å². The number of aromatic nitrogens is 1. The van der Waals surface area contributed by atoms with Gasteiger partial charge in [0.15, 0.2) is 5.11 Å². The molecule has 1 aromatic heterocycles. The molecular formula is C20H20ClN3OS. The van der Waals surface area contributed by atoms with E-state index >= 15 is 0 Å². The Bertz CT molecular complexity index is 1030. The van der Waals surface area contributed by atoms with Crippen LogP contribution in [-0.4, -0.2) is 16.6 Å². The highest BCUT2D eigenvalue weighted by Crippen LogP contribution is 2.22. The Morgan fingerprint density at radius 3 is 2.81 bits per heavy atom. The van der Waals surface area contributed by atoms with E-state index in [-0.39, 0.29) is 5.56 Å². The summed E-state index contributed by atoms with van der Waals surface area (Å²) < 4.78 is 0. The molecule has 0 atom stereocenters. The molecule has 1 heterocycles. The van der Waals surface area contributed by atoms with Gasteiger partial charge in [-0.15, -0.1) is 0 Å². The van der Waals surface area contributed by atoms with E-state index in [9.17, 15) is 4.79 Å². The molecule has 26 heavy (non-hydrogen) atoms. The highest BCUT2D eigenvalue weighted by atomic mass is 35.5. The number of thiocarbonyl (C=S) groups is 1. The highest BCUT2D eigenvalue weighted by molar-refractivity contribution is 7.80. The van der Waals surface area contributed by atoms with E-state index in [2.05, 4.69) is 15.6 Å². The first-order valence-electron chi connectivity index (χ1n) is 8.36. The molecule has 0 amide bonds. The van der Waals surface area contributed by atoms with Crippen LogP contribution in [-0.2, 0) is 6.42 Å². The maximum atomic E-state index is 12.2. The van der Waals surface area contributed by atoms with Gasteiger partial charge in [-0.25, -0.2) is 0 Å². The van der Waals surface area contributed by atoms with Crippen molar-refractivity contribution in [1.29, 1.82) is 0 Å². The topological polar surface area (TPSA) is 56.9 Å². The molecule has 3 rings (SSSR count). The molecule has 6 heteroatoms. The molecule has 0 saturated heterocycles. The molecule has 3 N–H and O–H groups in total. The van der Waals surface area contributed by atoms with Crippen molar-refractivity contribution in [2.75, 3.05) is 11.9 Å². The third-order valence-electron chi connectivity index (χ3n) is 4.27. The number of hydrogen-bond acceptors (Lipinski definition) is 2. The third-order valence-corrected chi connectivity index (χ3v) is 4.93. The standard InChI is InChI=1S/C20H20ClN3OS/c1-12-6-7-14-11-15(19(25)23-18(14)10-12)8-9-22-20(26)24-17-5-3-4-16(21)13(17)2/h3-7,10-11H,8-9H2,1-2H3,(H,23,25)(H2,22,24,26). The Hall–Kier alpha value is -2.37. The molecule has 134 valence electrons. The van der Waals surface area contributed by atoms with Crippen LogP contribution < -0.4 is 16.2 Å². The summed E-state index contributed by atoms with van der Waals surface area (Å²) in [4.78, 5) is 15.2.